The van der Waals surface area contributed by atoms with Gasteiger partial charge in [-0.2, -0.15) is 8.61 Å². The normalized spacial score (nSPS) is 16.8. The Labute approximate surface area is 228 Å². The van der Waals surface area contributed by atoms with Gasteiger partial charge < -0.3 is 10.6 Å². The fraction of sp³-hybridized carbons (Fsp3) is 0.185. The van der Waals surface area contributed by atoms with Gasteiger partial charge in [-0.3, -0.25) is 9.59 Å². The van der Waals surface area contributed by atoms with Crippen LogP contribution in [0.3, 0.4) is 0 Å². The minimum absolute atomic E-state index is 0.0219. The maximum absolute atomic E-state index is 13.7. The lowest BCUT2D eigenvalue weighted by molar-refractivity contribution is -0.120. The van der Waals surface area contributed by atoms with E-state index in [4.69, 9.17) is 0 Å². The number of carbonyl (C=O) groups excluding carboxylic acids is 2. The lowest BCUT2D eigenvalue weighted by Gasteiger charge is -2.39. The first-order valence-corrected chi connectivity index (χ1v) is 15.0. The average molecular weight is 569 g/mol. The van der Waals surface area contributed by atoms with Gasteiger partial charge in [0.25, 0.3) is 5.91 Å². The number of piperazine rings is 1. The highest BCUT2D eigenvalue weighted by Crippen LogP contribution is 2.26. The number of nitrogens with zero attached hydrogens (tertiary/aromatic N) is 2. The highest BCUT2D eigenvalue weighted by Gasteiger charge is 2.43. The molecule has 0 spiro atoms. The summed E-state index contributed by atoms with van der Waals surface area (Å²) in [6.45, 7) is 2.96. The summed E-state index contributed by atoms with van der Waals surface area (Å²) in [5.74, 6) is -1.23. The van der Waals surface area contributed by atoms with Crippen LogP contribution in [0.25, 0.3) is 0 Å². The van der Waals surface area contributed by atoms with E-state index < -0.39 is 44.4 Å². The van der Waals surface area contributed by atoms with Gasteiger partial charge in [0.05, 0.1) is 21.0 Å². The molecule has 0 aromatic heterocycles. The summed E-state index contributed by atoms with van der Waals surface area (Å²) in [5, 5.41) is 5.29. The molecular weight excluding hydrogens is 540 g/mol. The monoisotopic (exact) mass is 568 g/mol. The van der Waals surface area contributed by atoms with Crippen LogP contribution in [-0.2, 0) is 24.8 Å². The second kappa shape index (κ2) is 11.9. The predicted molar refractivity (Wildman–Crippen MR) is 147 cm³/mol. The Kier molecular flexibility index (Phi) is 8.60. The summed E-state index contributed by atoms with van der Waals surface area (Å²) in [6, 6.07) is 20.2. The molecule has 0 saturated carbocycles. The predicted octanol–water partition coefficient (Wildman–Crippen LogP) is 2.30. The van der Waals surface area contributed by atoms with E-state index in [9.17, 15) is 26.4 Å². The summed E-state index contributed by atoms with van der Waals surface area (Å²) >= 11 is 0. The second-order valence-corrected chi connectivity index (χ2v) is 12.5. The molecule has 1 fully saturated rings. The lowest BCUT2D eigenvalue weighted by atomic mass is 10.1. The molecule has 204 valence electrons. The molecular formula is C27H28N4O6S2. The molecule has 3 aromatic rings. The van der Waals surface area contributed by atoms with Crippen molar-refractivity contribution in [2.75, 3.05) is 31.5 Å². The number of nitrogens with one attached hydrogen (secondary N) is 2. The van der Waals surface area contributed by atoms with E-state index in [1.165, 1.54) is 42.5 Å². The van der Waals surface area contributed by atoms with Gasteiger partial charge in [0.1, 0.15) is 6.04 Å². The zero-order chi connectivity index (χ0) is 28.0. The van der Waals surface area contributed by atoms with Crippen molar-refractivity contribution in [3.8, 4) is 0 Å². The first kappa shape index (κ1) is 28.2. The number of hydrogen-bond acceptors (Lipinski definition) is 6. The topological polar surface area (TPSA) is 133 Å². The molecule has 2 amide bonds. The van der Waals surface area contributed by atoms with Crippen LogP contribution >= 0.6 is 0 Å². The number of amides is 2. The minimum Gasteiger partial charge on any atom is -0.349 e. The standard InChI is InChI=1S/C27H28N4O6S2/c1-2-17-28-26(32)23-15-9-10-16-24(23)29-27(33)25-20-30(38(34,35)21-11-5-3-6-12-21)18-19-31(25)39(36,37)22-13-7-4-8-14-22/h2-16,25H,1,17-20H2,(H,28,32)(H,29,33)/t25-/m0/s1. The van der Waals surface area contributed by atoms with Crippen molar-refractivity contribution in [3.63, 3.8) is 0 Å². The van der Waals surface area contributed by atoms with E-state index in [1.807, 2.05) is 0 Å². The zero-order valence-electron chi connectivity index (χ0n) is 20.9. The Morgan fingerprint density at radius 2 is 1.38 bits per heavy atom. The summed E-state index contributed by atoms with van der Waals surface area (Å²) in [6.07, 6.45) is 1.51. The SMILES string of the molecule is C=CCNC(=O)c1ccccc1NC(=O)[C@@H]1CN(S(=O)(=O)c2ccccc2)CCN1S(=O)(=O)c1ccccc1. The largest absolute Gasteiger partial charge is 0.349 e. The Hall–Kier alpha value is -3.84. The summed E-state index contributed by atoms with van der Waals surface area (Å²) < 4.78 is 56.0. The van der Waals surface area contributed by atoms with Crippen LogP contribution in [0.15, 0.2) is 107 Å². The number of benzene rings is 3. The second-order valence-electron chi connectivity index (χ2n) is 8.65. The van der Waals surface area contributed by atoms with Crippen molar-refractivity contribution in [3.05, 3.63) is 103 Å². The molecule has 2 N–H and O–H groups in total. The van der Waals surface area contributed by atoms with E-state index in [-0.39, 0.29) is 40.7 Å². The van der Waals surface area contributed by atoms with Crippen LogP contribution in [0, 0.1) is 0 Å². The van der Waals surface area contributed by atoms with Crippen molar-refractivity contribution in [2.24, 2.45) is 0 Å². The Morgan fingerprint density at radius 1 is 0.821 bits per heavy atom. The van der Waals surface area contributed by atoms with Gasteiger partial charge in [0.2, 0.25) is 26.0 Å². The molecule has 0 radical (unpaired) electrons. The molecule has 1 aliphatic rings. The van der Waals surface area contributed by atoms with Crippen LogP contribution in [0.4, 0.5) is 5.69 Å². The number of hydrogen-bond donors (Lipinski definition) is 2. The number of para-hydroxylation sites is 1. The van der Waals surface area contributed by atoms with Gasteiger partial charge in [-0.25, -0.2) is 16.8 Å². The van der Waals surface area contributed by atoms with E-state index in [1.54, 1.807) is 48.5 Å². The van der Waals surface area contributed by atoms with E-state index in [0.717, 1.165) is 8.61 Å². The Bertz CT molecular complexity index is 1560. The van der Waals surface area contributed by atoms with Crippen LogP contribution in [0.5, 0.6) is 0 Å². The maximum Gasteiger partial charge on any atom is 0.253 e. The van der Waals surface area contributed by atoms with E-state index in [0.29, 0.717) is 0 Å². The molecule has 1 heterocycles. The molecule has 0 aliphatic carbocycles. The quantitative estimate of drug-likeness (QED) is 0.381. The summed E-state index contributed by atoms with van der Waals surface area (Å²) in [4.78, 5) is 26.3. The molecule has 1 aliphatic heterocycles. The summed E-state index contributed by atoms with van der Waals surface area (Å²) in [7, 11) is -8.17. The van der Waals surface area contributed by atoms with Gasteiger partial charge in [-0.1, -0.05) is 54.6 Å². The van der Waals surface area contributed by atoms with Crippen LogP contribution in [-0.4, -0.2) is 69.5 Å². The molecule has 0 unspecified atom stereocenters. The van der Waals surface area contributed by atoms with Gasteiger partial charge in [0, 0.05) is 26.2 Å². The van der Waals surface area contributed by atoms with Gasteiger partial charge >= 0.3 is 0 Å². The molecule has 12 heteroatoms. The van der Waals surface area contributed by atoms with Crippen LogP contribution in [0.1, 0.15) is 10.4 Å². The lowest BCUT2D eigenvalue weighted by Crippen LogP contribution is -2.60. The molecule has 39 heavy (non-hydrogen) atoms. The van der Waals surface area contributed by atoms with E-state index in [2.05, 4.69) is 17.2 Å². The average Bonchev–Trinajstić information content (AvgIpc) is 2.96. The van der Waals surface area contributed by atoms with Gasteiger partial charge in [-0.15, -0.1) is 6.58 Å². The van der Waals surface area contributed by atoms with Crippen molar-refractivity contribution < 1.29 is 26.4 Å². The highest BCUT2D eigenvalue weighted by molar-refractivity contribution is 7.89. The fourth-order valence-electron chi connectivity index (χ4n) is 4.20. The molecule has 0 bridgehead atoms. The minimum atomic E-state index is -4.16. The molecule has 10 nitrogen and oxygen atoms in total. The fourth-order valence-corrected chi connectivity index (χ4v) is 7.25. The van der Waals surface area contributed by atoms with Crippen molar-refractivity contribution >= 4 is 37.5 Å². The van der Waals surface area contributed by atoms with Gasteiger partial charge in [-0.05, 0) is 36.4 Å². The third-order valence-electron chi connectivity index (χ3n) is 6.16. The first-order valence-electron chi connectivity index (χ1n) is 12.1. The van der Waals surface area contributed by atoms with Crippen molar-refractivity contribution in [1.82, 2.24) is 13.9 Å². The maximum atomic E-state index is 13.7. The highest BCUT2D eigenvalue weighted by atomic mass is 32.2. The molecule has 1 saturated heterocycles. The van der Waals surface area contributed by atoms with Crippen molar-refractivity contribution in [1.29, 1.82) is 0 Å². The zero-order valence-corrected chi connectivity index (χ0v) is 22.6. The smallest absolute Gasteiger partial charge is 0.253 e. The number of anilines is 1. The summed E-state index contributed by atoms with van der Waals surface area (Å²) in [5.41, 5.74) is 0.318. The number of rotatable bonds is 9. The van der Waals surface area contributed by atoms with Crippen LogP contribution in [0.2, 0.25) is 0 Å². The number of sulfonamides is 2. The van der Waals surface area contributed by atoms with E-state index >= 15 is 0 Å². The molecule has 4 rings (SSSR count). The van der Waals surface area contributed by atoms with Gasteiger partial charge in [0.15, 0.2) is 0 Å². The number of carbonyl (C=O) groups is 2. The third kappa shape index (κ3) is 6.09. The first-order chi connectivity index (χ1) is 18.7. The Morgan fingerprint density at radius 3 is 2.00 bits per heavy atom. The molecule has 3 aromatic carbocycles. The molecule has 1 atom stereocenters. The van der Waals surface area contributed by atoms with Crippen LogP contribution < -0.4 is 10.6 Å². The third-order valence-corrected chi connectivity index (χ3v) is 9.97. The Balaban J connectivity index is 1.69. The van der Waals surface area contributed by atoms with Crippen molar-refractivity contribution in [2.45, 2.75) is 15.8 Å².